The normalized spacial score (nSPS) is 16.6. The lowest BCUT2D eigenvalue weighted by Gasteiger charge is -2.32. The number of pyridine rings is 1. The van der Waals surface area contributed by atoms with E-state index in [0.717, 1.165) is 36.0 Å². The van der Waals surface area contributed by atoms with Crippen LogP contribution < -0.4 is 16.0 Å². The molecule has 2 aromatic carbocycles. The van der Waals surface area contributed by atoms with Gasteiger partial charge in [0.1, 0.15) is 0 Å². The molecule has 2 amide bonds. The van der Waals surface area contributed by atoms with Gasteiger partial charge in [-0.2, -0.15) is 0 Å². The van der Waals surface area contributed by atoms with Gasteiger partial charge in [-0.15, -0.1) is 0 Å². The molecule has 0 bridgehead atoms. The number of rotatable bonds is 7. The molecule has 39 heavy (non-hydrogen) atoms. The number of nitrogens with zero attached hydrogens (tertiary/aromatic N) is 3. The largest absolute Gasteiger partial charge is 0.481 e. The van der Waals surface area contributed by atoms with Crippen LogP contribution >= 0.6 is 0 Å². The molecule has 0 saturated carbocycles. The van der Waals surface area contributed by atoms with Crippen LogP contribution in [0.1, 0.15) is 47.6 Å². The molecule has 10 nitrogen and oxygen atoms in total. The summed E-state index contributed by atoms with van der Waals surface area (Å²) in [6, 6.07) is 14.2. The number of anilines is 1. The summed E-state index contributed by atoms with van der Waals surface area (Å²) in [5, 5.41) is 20.7. The number of aliphatic imine (C=N–C) groups is 1. The summed E-state index contributed by atoms with van der Waals surface area (Å²) < 4.78 is 0. The number of guanidine groups is 1. The molecule has 2 aliphatic rings. The van der Waals surface area contributed by atoms with Crippen molar-refractivity contribution in [1.29, 1.82) is 0 Å². The third-order valence-corrected chi connectivity index (χ3v) is 7.19. The Bertz CT molecular complexity index is 1390. The Kier molecular flexibility index (Phi) is 8.00. The number of likely N-dealkylation sites (tertiary alicyclic amines) is 1. The summed E-state index contributed by atoms with van der Waals surface area (Å²) in [7, 11) is 0. The first-order chi connectivity index (χ1) is 19.0. The van der Waals surface area contributed by atoms with Gasteiger partial charge in [-0.05, 0) is 42.8 Å². The molecule has 2 aliphatic heterocycles. The van der Waals surface area contributed by atoms with E-state index in [-0.39, 0.29) is 24.2 Å². The van der Waals surface area contributed by atoms with Crippen molar-refractivity contribution < 1.29 is 19.5 Å². The van der Waals surface area contributed by atoms with Gasteiger partial charge in [-0.1, -0.05) is 30.3 Å². The van der Waals surface area contributed by atoms with Crippen molar-refractivity contribution in [3.63, 3.8) is 0 Å². The number of benzene rings is 2. The second-order valence-electron chi connectivity index (χ2n) is 9.89. The van der Waals surface area contributed by atoms with Crippen molar-refractivity contribution in [3.8, 4) is 0 Å². The zero-order valence-corrected chi connectivity index (χ0v) is 21.6. The maximum atomic E-state index is 13.2. The van der Waals surface area contributed by atoms with Gasteiger partial charge in [0.05, 0.1) is 12.5 Å². The SMILES string of the molecule is O=C(O)CC(NC(=O)C1CCN(C(=O)c2cccc(NC3=NCCCN3)c2)CC1)c1cncc2ccccc12. The van der Waals surface area contributed by atoms with E-state index in [4.69, 9.17) is 0 Å². The van der Waals surface area contributed by atoms with E-state index in [2.05, 4.69) is 25.9 Å². The number of hydrogen-bond donors (Lipinski definition) is 4. The molecule has 0 aliphatic carbocycles. The van der Waals surface area contributed by atoms with Gasteiger partial charge in [-0.3, -0.25) is 24.4 Å². The highest BCUT2D eigenvalue weighted by Gasteiger charge is 2.30. The first-order valence-electron chi connectivity index (χ1n) is 13.3. The van der Waals surface area contributed by atoms with Crippen molar-refractivity contribution in [2.75, 3.05) is 31.5 Å². The third kappa shape index (κ3) is 6.34. The molecule has 3 aromatic rings. The summed E-state index contributed by atoms with van der Waals surface area (Å²) in [6.07, 6.45) is 5.10. The number of aromatic nitrogens is 1. The van der Waals surface area contributed by atoms with Crippen molar-refractivity contribution in [2.45, 2.75) is 31.7 Å². The van der Waals surface area contributed by atoms with E-state index in [1.165, 1.54) is 0 Å². The first-order valence-corrected chi connectivity index (χ1v) is 13.3. The molecule has 202 valence electrons. The molecular formula is C29H32N6O4. The van der Waals surface area contributed by atoms with Crippen LogP contribution in [0.4, 0.5) is 5.69 Å². The van der Waals surface area contributed by atoms with Gasteiger partial charge >= 0.3 is 5.97 Å². The molecule has 3 heterocycles. The molecule has 4 N–H and O–H groups in total. The van der Waals surface area contributed by atoms with Crippen molar-refractivity contribution in [3.05, 3.63) is 72.1 Å². The fourth-order valence-electron chi connectivity index (χ4n) is 5.13. The van der Waals surface area contributed by atoms with E-state index >= 15 is 0 Å². The Morgan fingerprint density at radius 1 is 1.08 bits per heavy atom. The number of carbonyl (C=O) groups excluding carboxylic acids is 2. The lowest BCUT2D eigenvalue weighted by molar-refractivity contribution is -0.138. The predicted molar refractivity (Wildman–Crippen MR) is 148 cm³/mol. The number of hydrogen-bond acceptors (Lipinski definition) is 7. The molecule has 1 fully saturated rings. The van der Waals surface area contributed by atoms with E-state index in [9.17, 15) is 19.5 Å². The monoisotopic (exact) mass is 528 g/mol. The smallest absolute Gasteiger partial charge is 0.305 e. The van der Waals surface area contributed by atoms with Crippen LogP contribution in [0.15, 0.2) is 65.9 Å². The predicted octanol–water partition coefficient (Wildman–Crippen LogP) is 3.18. The highest BCUT2D eigenvalue weighted by molar-refractivity contribution is 5.98. The van der Waals surface area contributed by atoms with Gasteiger partial charge in [0.2, 0.25) is 5.91 Å². The summed E-state index contributed by atoms with van der Waals surface area (Å²) in [5.41, 5.74) is 2.04. The lowest BCUT2D eigenvalue weighted by Crippen LogP contribution is -2.44. The highest BCUT2D eigenvalue weighted by atomic mass is 16.4. The number of amides is 2. The summed E-state index contributed by atoms with van der Waals surface area (Å²) in [4.78, 5) is 48.5. The Morgan fingerprint density at radius 2 is 1.90 bits per heavy atom. The number of carbonyl (C=O) groups is 3. The summed E-state index contributed by atoms with van der Waals surface area (Å²) in [5.74, 6) is -0.888. The topological polar surface area (TPSA) is 136 Å². The molecular weight excluding hydrogens is 496 g/mol. The van der Waals surface area contributed by atoms with Crippen LogP contribution in [0.5, 0.6) is 0 Å². The van der Waals surface area contributed by atoms with Gasteiger partial charge in [-0.25, -0.2) is 0 Å². The van der Waals surface area contributed by atoms with Gasteiger partial charge in [0.25, 0.3) is 5.91 Å². The molecule has 0 spiro atoms. The first kappa shape index (κ1) is 26.1. The number of carboxylic acids is 1. The van der Waals surface area contributed by atoms with Crippen LogP contribution in [-0.4, -0.2) is 64.9 Å². The van der Waals surface area contributed by atoms with Crippen LogP contribution in [0.3, 0.4) is 0 Å². The van der Waals surface area contributed by atoms with Crippen LogP contribution in [0.2, 0.25) is 0 Å². The average molecular weight is 529 g/mol. The molecule has 1 unspecified atom stereocenters. The highest BCUT2D eigenvalue weighted by Crippen LogP contribution is 2.27. The van der Waals surface area contributed by atoms with Gasteiger partial charge in [0, 0.05) is 66.7 Å². The fraction of sp³-hybridized carbons (Fsp3) is 0.345. The Hall–Kier alpha value is -4.47. The maximum Gasteiger partial charge on any atom is 0.305 e. The number of nitrogens with one attached hydrogen (secondary N) is 3. The Labute approximate surface area is 226 Å². The molecule has 0 radical (unpaired) electrons. The van der Waals surface area contributed by atoms with Crippen LogP contribution in [-0.2, 0) is 9.59 Å². The van der Waals surface area contributed by atoms with Crippen molar-refractivity contribution in [2.24, 2.45) is 10.9 Å². The second-order valence-corrected chi connectivity index (χ2v) is 9.89. The summed E-state index contributed by atoms with van der Waals surface area (Å²) in [6.45, 7) is 2.53. The van der Waals surface area contributed by atoms with Crippen molar-refractivity contribution in [1.82, 2.24) is 20.5 Å². The Balaban J connectivity index is 1.21. The number of carboxylic acid groups (broad SMARTS) is 1. The average Bonchev–Trinajstić information content (AvgIpc) is 2.96. The summed E-state index contributed by atoms with van der Waals surface area (Å²) >= 11 is 0. The maximum absolute atomic E-state index is 13.2. The van der Waals surface area contributed by atoms with E-state index in [1.54, 1.807) is 23.4 Å². The Morgan fingerprint density at radius 3 is 2.67 bits per heavy atom. The standard InChI is InChI=1S/C29H32N6O4/c36-26(37)16-25(24-18-30-17-21-5-1-2-8-23(21)24)34-27(38)19-9-13-35(14-10-19)28(39)20-6-3-7-22(15-20)33-29-31-11-4-12-32-29/h1-3,5-8,15,17-19,25H,4,9-14,16H2,(H,34,38)(H,36,37)(H2,31,32,33). The minimum Gasteiger partial charge on any atom is -0.481 e. The van der Waals surface area contributed by atoms with E-state index in [0.29, 0.717) is 43.0 Å². The minimum atomic E-state index is -1.00. The van der Waals surface area contributed by atoms with Crippen molar-refractivity contribution >= 4 is 40.2 Å². The van der Waals surface area contributed by atoms with Gasteiger partial charge in [0.15, 0.2) is 5.96 Å². The van der Waals surface area contributed by atoms with Gasteiger partial charge < -0.3 is 26.0 Å². The minimum absolute atomic E-state index is 0.0818. The molecule has 5 rings (SSSR count). The number of fused-ring (bicyclic) bond motifs is 1. The number of piperidine rings is 1. The molecule has 1 aromatic heterocycles. The van der Waals surface area contributed by atoms with E-state index in [1.807, 2.05) is 42.5 Å². The third-order valence-electron chi connectivity index (χ3n) is 7.19. The van der Waals surface area contributed by atoms with E-state index < -0.39 is 12.0 Å². The van der Waals surface area contributed by atoms with Crippen LogP contribution in [0, 0.1) is 5.92 Å². The molecule has 10 heteroatoms. The lowest BCUT2D eigenvalue weighted by atomic mass is 9.93. The molecule has 1 saturated heterocycles. The second kappa shape index (κ2) is 11.9. The quantitative estimate of drug-likeness (QED) is 0.370. The fourth-order valence-corrected chi connectivity index (χ4v) is 5.13. The molecule has 1 atom stereocenters. The number of aliphatic carboxylic acids is 1. The van der Waals surface area contributed by atoms with Crippen LogP contribution in [0.25, 0.3) is 10.8 Å². The zero-order chi connectivity index (χ0) is 27.2. The zero-order valence-electron chi connectivity index (χ0n) is 21.6.